The molecule has 1 unspecified atom stereocenters. The second-order valence-electron chi connectivity index (χ2n) is 6.51. The molecule has 8 heteroatoms. The summed E-state index contributed by atoms with van der Waals surface area (Å²) in [6, 6.07) is 12.7. The molecular formula is C20H21BrFN5O. The molecule has 1 amide bonds. The van der Waals surface area contributed by atoms with Crippen LogP contribution < -0.4 is 5.32 Å². The number of carbonyl (C=O) groups is 1. The number of carbonyl (C=O) groups excluding carboxylic acids is 1. The molecule has 28 heavy (non-hydrogen) atoms. The lowest BCUT2D eigenvalue weighted by atomic mass is 10.1. The molecule has 0 radical (unpaired) electrons. The van der Waals surface area contributed by atoms with Crippen LogP contribution >= 0.6 is 15.9 Å². The van der Waals surface area contributed by atoms with Crippen LogP contribution in [0.4, 0.5) is 10.1 Å². The summed E-state index contributed by atoms with van der Waals surface area (Å²) in [7, 11) is 1.96. The summed E-state index contributed by atoms with van der Waals surface area (Å²) in [5, 5.41) is 6.73. The smallest absolute Gasteiger partial charge is 0.225 e. The molecule has 2 aromatic carbocycles. The number of hydrogen-bond acceptors (Lipinski definition) is 4. The molecule has 3 aromatic rings. The maximum atomic E-state index is 13.8. The predicted octanol–water partition coefficient (Wildman–Crippen LogP) is 4.19. The normalized spacial score (nSPS) is 12.2. The molecule has 146 valence electrons. The Balaban J connectivity index is 1.53. The third kappa shape index (κ3) is 5.02. The molecule has 0 fully saturated rings. The summed E-state index contributed by atoms with van der Waals surface area (Å²) in [5.74, 6) is -0.682. The molecule has 0 saturated carbocycles. The van der Waals surface area contributed by atoms with E-state index >= 15 is 0 Å². The first-order valence-corrected chi connectivity index (χ1v) is 9.63. The van der Waals surface area contributed by atoms with Crippen molar-refractivity contribution in [1.29, 1.82) is 0 Å². The minimum atomic E-state index is -0.461. The monoisotopic (exact) mass is 445 g/mol. The van der Waals surface area contributed by atoms with Crippen molar-refractivity contribution >= 4 is 27.5 Å². The maximum absolute atomic E-state index is 13.8. The number of aromatic nitrogens is 3. The lowest BCUT2D eigenvalue weighted by Gasteiger charge is -2.25. The second-order valence-corrected chi connectivity index (χ2v) is 7.43. The largest absolute Gasteiger partial charge is 0.324 e. The van der Waals surface area contributed by atoms with E-state index in [0.29, 0.717) is 11.0 Å². The molecule has 1 aromatic heterocycles. The molecule has 0 saturated heterocycles. The van der Waals surface area contributed by atoms with Gasteiger partial charge in [0.1, 0.15) is 18.5 Å². The highest BCUT2D eigenvalue weighted by molar-refractivity contribution is 9.10. The van der Waals surface area contributed by atoms with Crippen LogP contribution in [0.3, 0.4) is 0 Å². The molecule has 0 spiro atoms. The van der Waals surface area contributed by atoms with Crippen LogP contribution in [0, 0.1) is 5.82 Å². The van der Waals surface area contributed by atoms with Crippen molar-refractivity contribution < 1.29 is 9.18 Å². The molecule has 1 N–H and O–H groups in total. The minimum Gasteiger partial charge on any atom is -0.324 e. The molecule has 0 aliphatic rings. The Morgan fingerprint density at radius 1 is 1.29 bits per heavy atom. The molecule has 0 aliphatic carbocycles. The van der Waals surface area contributed by atoms with Gasteiger partial charge in [-0.1, -0.05) is 28.1 Å². The molecule has 1 heterocycles. The average molecular weight is 446 g/mol. The van der Waals surface area contributed by atoms with Crippen molar-refractivity contribution in [2.45, 2.75) is 19.4 Å². The topological polar surface area (TPSA) is 63.1 Å². The standard InChI is InChI=1S/C20H21BrFN5O/c1-14(15-3-6-17(7-4-15)27-13-23-12-24-27)26(2)10-9-20(28)25-19-8-5-16(21)11-18(19)22/h3-8,11-14H,9-10H2,1-2H3,(H,25,28). The highest BCUT2D eigenvalue weighted by Gasteiger charge is 2.14. The number of nitrogens with one attached hydrogen (secondary N) is 1. The number of nitrogens with zero attached hydrogens (tertiary/aromatic N) is 4. The fraction of sp³-hybridized carbons (Fsp3) is 0.250. The van der Waals surface area contributed by atoms with E-state index in [9.17, 15) is 9.18 Å². The molecule has 1 atom stereocenters. The van der Waals surface area contributed by atoms with Crippen molar-refractivity contribution in [2.75, 3.05) is 18.9 Å². The second kappa shape index (κ2) is 9.07. The van der Waals surface area contributed by atoms with Gasteiger partial charge in [0.2, 0.25) is 5.91 Å². The Morgan fingerprint density at radius 2 is 2.04 bits per heavy atom. The van der Waals surface area contributed by atoms with E-state index in [1.807, 2.05) is 31.3 Å². The van der Waals surface area contributed by atoms with Crippen molar-refractivity contribution in [3.63, 3.8) is 0 Å². The molecular weight excluding hydrogens is 425 g/mol. The van der Waals surface area contributed by atoms with Gasteiger partial charge in [0.05, 0.1) is 11.4 Å². The summed E-state index contributed by atoms with van der Waals surface area (Å²) in [6.45, 7) is 2.63. The van der Waals surface area contributed by atoms with Crippen molar-refractivity contribution in [3.8, 4) is 5.69 Å². The quantitative estimate of drug-likeness (QED) is 0.591. The Bertz CT molecular complexity index is 930. The van der Waals surface area contributed by atoms with Gasteiger partial charge in [-0.3, -0.25) is 9.69 Å². The zero-order valence-corrected chi connectivity index (χ0v) is 17.2. The Kier molecular flexibility index (Phi) is 6.53. The van der Waals surface area contributed by atoms with Gasteiger partial charge < -0.3 is 5.32 Å². The van der Waals surface area contributed by atoms with Crippen LogP contribution in [-0.2, 0) is 4.79 Å². The van der Waals surface area contributed by atoms with Gasteiger partial charge in [-0.05, 0) is 49.9 Å². The van der Waals surface area contributed by atoms with Crippen LogP contribution in [0.2, 0.25) is 0 Å². The van der Waals surface area contributed by atoms with Gasteiger partial charge >= 0.3 is 0 Å². The fourth-order valence-corrected chi connectivity index (χ4v) is 3.11. The summed E-state index contributed by atoms with van der Waals surface area (Å²) in [6.07, 6.45) is 3.42. The van der Waals surface area contributed by atoms with E-state index in [1.54, 1.807) is 23.1 Å². The number of amides is 1. The first-order valence-electron chi connectivity index (χ1n) is 8.84. The van der Waals surface area contributed by atoms with Gasteiger partial charge in [-0.25, -0.2) is 14.1 Å². The van der Waals surface area contributed by atoms with E-state index in [1.165, 1.54) is 12.4 Å². The molecule has 0 aliphatic heterocycles. The van der Waals surface area contributed by atoms with E-state index in [0.717, 1.165) is 11.3 Å². The first-order chi connectivity index (χ1) is 13.4. The van der Waals surface area contributed by atoms with Crippen molar-refractivity contribution in [2.24, 2.45) is 0 Å². The van der Waals surface area contributed by atoms with Crippen molar-refractivity contribution in [3.05, 3.63) is 71.0 Å². The zero-order chi connectivity index (χ0) is 20.1. The van der Waals surface area contributed by atoms with E-state index < -0.39 is 5.82 Å². The average Bonchev–Trinajstić information content (AvgIpc) is 3.22. The fourth-order valence-electron chi connectivity index (χ4n) is 2.78. The molecule has 0 bridgehead atoms. The Labute approximate surface area is 171 Å². The molecule has 3 rings (SSSR count). The van der Waals surface area contributed by atoms with Gasteiger partial charge in [-0.2, -0.15) is 5.10 Å². The van der Waals surface area contributed by atoms with Crippen LogP contribution in [0.5, 0.6) is 0 Å². The van der Waals surface area contributed by atoms with E-state index in [-0.39, 0.29) is 24.1 Å². The third-order valence-electron chi connectivity index (χ3n) is 4.62. The van der Waals surface area contributed by atoms with Crippen LogP contribution in [0.1, 0.15) is 24.9 Å². The summed E-state index contributed by atoms with van der Waals surface area (Å²) >= 11 is 3.20. The number of hydrogen-bond donors (Lipinski definition) is 1. The van der Waals surface area contributed by atoms with Gasteiger partial charge in [0.15, 0.2) is 0 Å². The number of benzene rings is 2. The Hall–Kier alpha value is -2.58. The van der Waals surface area contributed by atoms with Gasteiger partial charge in [-0.15, -0.1) is 0 Å². The third-order valence-corrected chi connectivity index (χ3v) is 5.11. The Morgan fingerprint density at radius 3 is 2.68 bits per heavy atom. The predicted molar refractivity (Wildman–Crippen MR) is 110 cm³/mol. The molecule has 6 nitrogen and oxygen atoms in total. The van der Waals surface area contributed by atoms with Crippen LogP contribution in [-0.4, -0.2) is 39.2 Å². The first kappa shape index (κ1) is 20.2. The van der Waals surface area contributed by atoms with Gasteiger partial charge in [0.25, 0.3) is 0 Å². The summed E-state index contributed by atoms with van der Waals surface area (Å²) in [5.41, 5.74) is 2.25. The lowest BCUT2D eigenvalue weighted by Crippen LogP contribution is -2.27. The highest BCUT2D eigenvalue weighted by atomic mass is 79.9. The number of rotatable bonds is 7. The summed E-state index contributed by atoms with van der Waals surface area (Å²) < 4.78 is 16.2. The lowest BCUT2D eigenvalue weighted by molar-refractivity contribution is -0.116. The minimum absolute atomic E-state index is 0.127. The zero-order valence-electron chi connectivity index (χ0n) is 15.6. The number of halogens is 2. The maximum Gasteiger partial charge on any atom is 0.225 e. The van der Waals surface area contributed by atoms with Crippen molar-refractivity contribution in [1.82, 2.24) is 19.7 Å². The SMILES string of the molecule is CC(c1ccc(-n2cncn2)cc1)N(C)CCC(=O)Nc1ccc(Br)cc1F. The van der Waals surface area contributed by atoms with Gasteiger partial charge in [0, 0.05) is 23.5 Å². The van der Waals surface area contributed by atoms with Crippen LogP contribution in [0.15, 0.2) is 59.6 Å². The number of anilines is 1. The van der Waals surface area contributed by atoms with Crippen LogP contribution in [0.25, 0.3) is 5.69 Å². The highest BCUT2D eigenvalue weighted by Crippen LogP contribution is 2.21. The van der Waals surface area contributed by atoms with E-state index in [2.05, 4.69) is 43.2 Å². The van der Waals surface area contributed by atoms with E-state index in [4.69, 9.17) is 0 Å². The summed E-state index contributed by atoms with van der Waals surface area (Å²) in [4.78, 5) is 18.2.